The summed E-state index contributed by atoms with van der Waals surface area (Å²) in [7, 11) is 1.87. The van der Waals surface area contributed by atoms with Crippen molar-refractivity contribution in [3.8, 4) is 11.3 Å². The minimum atomic E-state index is -0.406. The van der Waals surface area contributed by atoms with Crippen molar-refractivity contribution in [2.45, 2.75) is 26.2 Å². The number of amides is 2. The molecule has 4 heterocycles. The Morgan fingerprint density at radius 1 is 1.11 bits per heavy atom. The average molecular weight is 520 g/mol. The zero-order valence-corrected chi connectivity index (χ0v) is 22.1. The predicted molar refractivity (Wildman–Crippen MR) is 145 cm³/mol. The summed E-state index contributed by atoms with van der Waals surface area (Å²) >= 11 is 0. The number of rotatable bonds is 7. The van der Waals surface area contributed by atoms with Gasteiger partial charge in [0.25, 0.3) is 0 Å². The molecule has 0 atom stereocenters. The molecule has 1 aliphatic heterocycles. The summed E-state index contributed by atoms with van der Waals surface area (Å²) < 4.78 is 12.5. The summed E-state index contributed by atoms with van der Waals surface area (Å²) in [5, 5.41) is 18.2. The fraction of sp³-hybridized carbons (Fsp3) is 0.423. The Morgan fingerprint density at radius 3 is 2.58 bits per heavy atom. The molecule has 5 rings (SSSR count). The Bertz CT molecular complexity index is 1400. The number of hydrogen-bond acceptors (Lipinski definition) is 9. The van der Waals surface area contributed by atoms with Gasteiger partial charge in [-0.05, 0) is 12.1 Å². The Hall–Kier alpha value is -4.03. The molecule has 0 aliphatic carbocycles. The summed E-state index contributed by atoms with van der Waals surface area (Å²) in [6.45, 7) is 11.2. The van der Waals surface area contributed by atoms with Crippen LogP contribution in [0.4, 0.5) is 22.2 Å². The number of anilines is 3. The van der Waals surface area contributed by atoms with E-state index in [2.05, 4.69) is 41.1 Å². The number of carbonyl (C=O) groups is 1. The van der Waals surface area contributed by atoms with Crippen LogP contribution in [0.1, 0.15) is 26.5 Å². The minimum Gasteiger partial charge on any atom is -0.379 e. The lowest BCUT2D eigenvalue weighted by atomic mass is 9.93. The number of urea groups is 1. The third-order valence-corrected chi connectivity index (χ3v) is 6.30. The standard InChI is InChI=1S/C26H33N9O3/c1-26(2,3)20-15-21(33-38-20)30-25(36)29-18-7-5-17(6-8-18)22-19-16-28-24(31-23(19)34(4)32-22)27-9-10-35-11-13-37-14-12-35/h5-8,15-16H,9-14H2,1-4H3,(H,27,28,31)(H2,29,30,33,36). The Labute approximate surface area is 220 Å². The molecule has 0 radical (unpaired) electrons. The van der Waals surface area contributed by atoms with E-state index in [0.717, 1.165) is 61.7 Å². The number of nitrogens with zero attached hydrogens (tertiary/aromatic N) is 6. The van der Waals surface area contributed by atoms with Crippen LogP contribution in [0.15, 0.2) is 41.1 Å². The van der Waals surface area contributed by atoms with E-state index in [-0.39, 0.29) is 5.41 Å². The highest BCUT2D eigenvalue weighted by Crippen LogP contribution is 2.28. The van der Waals surface area contributed by atoms with Crippen molar-refractivity contribution in [1.29, 1.82) is 0 Å². The highest BCUT2D eigenvalue weighted by molar-refractivity contribution is 5.99. The molecule has 12 heteroatoms. The van der Waals surface area contributed by atoms with Crippen LogP contribution >= 0.6 is 0 Å². The third kappa shape index (κ3) is 5.92. The molecule has 0 bridgehead atoms. The highest BCUT2D eigenvalue weighted by Gasteiger charge is 2.20. The lowest BCUT2D eigenvalue weighted by Gasteiger charge is -2.26. The molecule has 1 aliphatic rings. The second-order valence-corrected chi connectivity index (χ2v) is 10.3. The molecule has 12 nitrogen and oxygen atoms in total. The van der Waals surface area contributed by atoms with Crippen molar-refractivity contribution in [2.24, 2.45) is 7.05 Å². The van der Waals surface area contributed by atoms with Gasteiger partial charge < -0.3 is 19.9 Å². The maximum atomic E-state index is 12.4. The van der Waals surface area contributed by atoms with Crippen molar-refractivity contribution < 1.29 is 14.1 Å². The summed E-state index contributed by atoms with van der Waals surface area (Å²) in [6, 6.07) is 8.76. The van der Waals surface area contributed by atoms with Crippen molar-refractivity contribution in [2.75, 3.05) is 55.3 Å². The fourth-order valence-electron chi connectivity index (χ4n) is 4.16. The van der Waals surface area contributed by atoms with Crippen LogP contribution in [-0.2, 0) is 17.2 Å². The molecular formula is C26H33N9O3. The monoisotopic (exact) mass is 519 g/mol. The molecule has 38 heavy (non-hydrogen) atoms. The van der Waals surface area contributed by atoms with Crippen LogP contribution in [0.2, 0.25) is 0 Å². The number of carbonyl (C=O) groups excluding carboxylic acids is 1. The molecule has 1 aromatic carbocycles. The summed E-state index contributed by atoms with van der Waals surface area (Å²) in [5.41, 5.74) is 2.85. The van der Waals surface area contributed by atoms with Crippen LogP contribution in [0.25, 0.3) is 22.3 Å². The number of nitrogens with one attached hydrogen (secondary N) is 3. The quantitative estimate of drug-likeness (QED) is 0.334. The molecular weight excluding hydrogens is 486 g/mol. The lowest BCUT2D eigenvalue weighted by molar-refractivity contribution is 0.0398. The normalized spacial score (nSPS) is 14.5. The first-order valence-corrected chi connectivity index (χ1v) is 12.7. The Kier molecular flexibility index (Phi) is 7.25. The molecule has 1 saturated heterocycles. The second-order valence-electron chi connectivity index (χ2n) is 10.3. The van der Waals surface area contributed by atoms with Gasteiger partial charge in [-0.15, -0.1) is 0 Å². The number of aryl methyl sites for hydroxylation is 1. The van der Waals surface area contributed by atoms with E-state index in [1.807, 2.05) is 52.1 Å². The minimum absolute atomic E-state index is 0.193. The molecule has 0 unspecified atom stereocenters. The number of benzene rings is 1. The van der Waals surface area contributed by atoms with Crippen molar-refractivity contribution >= 4 is 34.5 Å². The summed E-state index contributed by atoms with van der Waals surface area (Å²) in [5.74, 6) is 1.63. The van der Waals surface area contributed by atoms with Crippen LogP contribution in [0.3, 0.4) is 0 Å². The van der Waals surface area contributed by atoms with E-state index < -0.39 is 6.03 Å². The van der Waals surface area contributed by atoms with Gasteiger partial charge >= 0.3 is 6.03 Å². The molecule has 3 aromatic heterocycles. The first-order chi connectivity index (χ1) is 18.3. The van der Waals surface area contributed by atoms with Gasteiger partial charge in [-0.3, -0.25) is 10.2 Å². The lowest BCUT2D eigenvalue weighted by Crippen LogP contribution is -2.39. The van der Waals surface area contributed by atoms with Gasteiger partial charge in [-0.25, -0.2) is 14.5 Å². The molecule has 200 valence electrons. The third-order valence-electron chi connectivity index (χ3n) is 6.30. The van der Waals surface area contributed by atoms with Crippen molar-refractivity contribution in [1.82, 2.24) is 29.8 Å². The van der Waals surface area contributed by atoms with Crippen LogP contribution < -0.4 is 16.0 Å². The Morgan fingerprint density at radius 2 is 1.87 bits per heavy atom. The SMILES string of the molecule is Cn1nc(-c2ccc(NC(=O)Nc3cc(C(C)(C)C)on3)cc2)c2cnc(NCCN3CCOCC3)nc21. The smallest absolute Gasteiger partial charge is 0.324 e. The van der Waals surface area contributed by atoms with E-state index in [4.69, 9.17) is 9.26 Å². The summed E-state index contributed by atoms with van der Waals surface area (Å²) in [6.07, 6.45) is 1.80. The second kappa shape index (κ2) is 10.8. The van der Waals surface area contributed by atoms with Gasteiger partial charge in [-0.1, -0.05) is 38.1 Å². The number of morpholine rings is 1. The van der Waals surface area contributed by atoms with E-state index in [9.17, 15) is 4.79 Å². The fourth-order valence-corrected chi connectivity index (χ4v) is 4.16. The summed E-state index contributed by atoms with van der Waals surface area (Å²) in [4.78, 5) is 24.0. The van der Waals surface area contributed by atoms with Gasteiger partial charge in [-0.2, -0.15) is 10.1 Å². The highest BCUT2D eigenvalue weighted by atomic mass is 16.5. The van der Waals surface area contributed by atoms with Gasteiger partial charge in [0.05, 0.1) is 18.6 Å². The zero-order valence-electron chi connectivity index (χ0n) is 22.1. The average Bonchev–Trinajstić information content (AvgIpc) is 3.50. The molecule has 3 N–H and O–H groups in total. The molecule has 2 amide bonds. The first kappa shape index (κ1) is 25.6. The maximum absolute atomic E-state index is 12.4. The topological polar surface area (TPSA) is 135 Å². The number of aromatic nitrogens is 5. The zero-order chi connectivity index (χ0) is 26.7. The number of fused-ring (bicyclic) bond motifs is 1. The number of ether oxygens (including phenoxy) is 1. The van der Waals surface area contributed by atoms with Crippen LogP contribution in [0, 0.1) is 0 Å². The van der Waals surface area contributed by atoms with Gasteiger partial charge in [0, 0.05) is 62.2 Å². The van der Waals surface area contributed by atoms with Gasteiger partial charge in [0.1, 0.15) is 11.5 Å². The molecule has 0 spiro atoms. The van der Waals surface area contributed by atoms with Crippen molar-refractivity contribution in [3.63, 3.8) is 0 Å². The Balaban J connectivity index is 1.21. The first-order valence-electron chi connectivity index (χ1n) is 12.7. The van der Waals surface area contributed by atoms with E-state index in [1.165, 1.54) is 0 Å². The molecule has 4 aromatic rings. The van der Waals surface area contributed by atoms with Crippen molar-refractivity contribution in [3.05, 3.63) is 42.3 Å². The van der Waals surface area contributed by atoms with Crippen LogP contribution in [-0.4, -0.2) is 75.2 Å². The largest absolute Gasteiger partial charge is 0.379 e. The van der Waals surface area contributed by atoms with Gasteiger partial charge in [0.2, 0.25) is 5.95 Å². The van der Waals surface area contributed by atoms with E-state index in [0.29, 0.717) is 23.2 Å². The van der Waals surface area contributed by atoms with E-state index in [1.54, 1.807) is 16.9 Å². The predicted octanol–water partition coefficient (Wildman–Crippen LogP) is 3.70. The maximum Gasteiger partial charge on any atom is 0.324 e. The van der Waals surface area contributed by atoms with Gasteiger partial charge in [0.15, 0.2) is 11.5 Å². The molecule has 1 fully saturated rings. The number of hydrogen-bond donors (Lipinski definition) is 3. The van der Waals surface area contributed by atoms with E-state index >= 15 is 0 Å². The molecule has 0 saturated carbocycles. The van der Waals surface area contributed by atoms with Crippen LogP contribution in [0.5, 0.6) is 0 Å².